The minimum absolute atomic E-state index is 0.0649. The van der Waals surface area contributed by atoms with Gasteiger partial charge in [-0.25, -0.2) is 0 Å². The zero-order valence-electron chi connectivity index (χ0n) is 11.1. The summed E-state index contributed by atoms with van der Waals surface area (Å²) in [5.74, 6) is -0.0649. The van der Waals surface area contributed by atoms with Crippen LogP contribution < -0.4 is 5.01 Å². The van der Waals surface area contributed by atoms with E-state index in [9.17, 15) is 4.79 Å². The third-order valence-electron chi connectivity index (χ3n) is 3.05. The van der Waals surface area contributed by atoms with Gasteiger partial charge in [0.05, 0.1) is 17.0 Å². The van der Waals surface area contributed by atoms with Gasteiger partial charge in [-0.1, -0.05) is 18.2 Å². The zero-order chi connectivity index (χ0) is 13.3. The molecular weight excluding hydrogens is 226 g/mol. The van der Waals surface area contributed by atoms with Crippen LogP contribution in [0.2, 0.25) is 0 Å². The summed E-state index contributed by atoms with van der Waals surface area (Å²) in [6.45, 7) is 3.80. The van der Waals surface area contributed by atoms with Crippen LogP contribution in [0.15, 0.2) is 46.7 Å². The normalized spacial score (nSPS) is 17.9. The van der Waals surface area contributed by atoms with Crippen molar-refractivity contribution in [1.82, 2.24) is 4.90 Å². The van der Waals surface area contributed by atoms with Gasteiger partial charge in [-0.05, 0) is 26.0 Å². The van der Waals surface area contributed by atoms with Crippen molar-refractivity contribution < 1.29 is 4.79 Å². The van der Waals surface area contributed by atoms with Gasteiger partial charge in [-0.3, -0.25) is 4.79 Å². The lowest BCUT2D eigenvalue weighted by Crippen LogP contribution is -2.24. The van der Waals surface area contributed by atoms with Crippen LogP contribution in [0, 0.1) is 0 Å². The predicted octanol–water partition coefficient (Wildman–Crippen LogP) is 2.24. The molecule has 0 radical (unpaired) electrons. The fourth-order valence-corrected chi connectivity index (χ4v) is 1.89. The van der Waals surface area contributed by atoms with Crippen LogP contribution in [-0.4, -0.2) is 30.6 Å². The molecule has 0 aliphatic carbocycles. The minimum atomic E-state index is -0.0649. The fourth-order valence-electron chi connectivity index (χ4n) is 1.89. The van der Waals surface area contributed by atoms with Crippen LogP contribution >= 0.6 is 0 Å². The zero-order valence-corrected chi connectivity index (χ0v) is 11.1. The van der Waals surface area contributed by atoms with Gasteiger partial charge in [0.15, 0.2) is 0 Å². The lowest BCUT2D eigenvalue weighted by atomic mass is 10.1. The topological polar surface area (TPSA) is 35.9 Å². The molecule has 1 aromatic rings. The van der Waals surface area contributed by atoms with Gasteiger partial charge in [0.1, 0.15) is 0 Å². The van der Waals surface area contributed by atoms with E-state index in [2.05, 4.69) is 5.10 Å². The molecule has 2 rings (SSSR count). The quantitative estimate of drug-likeness (QED) is 0.747. The molecule has 94 valence electrons. The average molecular weight is 243 g/mol. The molecule has 4 nitrogen and oxygen atoms in total. The van der Waals surface area contributed by atoms with Gasteiger partial charge in [-0.15, -0.1) is 0 Å². The third kappa shape index (κ3) is 2.01. The smallest absolute Gasteiger partial charge is 0.282 e. The number of hydrogen-bond acceptors (Lipinski definition) is 3. The molecule has 0 N–H and O–H groups in total. The number of hydrogen-bond donors (Lipinski definition) is 0. The van der Waals surface area contributed by atoms with Crippen LogP contribution in [0.5, 0.6) is 0 Å². The van der Waals surface area contributed by atoms with E-state index in [0.29, 0.717) is 5.57 Å². The fraction of sp³-hybridized carbons (Fsp3) is 0.286. The highest BCUT2D eigenvalue weighted by atomic mass is 16.2. The maximum atomic E-state index is 12.4. The van der Waals surface area contributed by atoms with Gasteiger partial charge >= 0.3 is 0 Å². The van der Waals surface area contributed by atoms with E-state index in [4.69, 9.17) is 0 Å². The summed E-state index contributed by atoms with van der Waals surface area (Å²) in [6.07, 6.45) is 0. The Kier molecular flexibility index (Phi) is 3.19. The summed E-state index contributed by atoms with van der Waals surface area (Å²) in [4.78, 5) is 14.3. The molecule has 0 aromatic heterocycles. The highest BCUT2D eigenvalue weighted by molar-refractivity contribution is 6.30. The number of allylic oxidation sites excluding steroid dienone is 1. The molecule has 1 aliphatic heterocycles. The van der Waals surface area contributed by atoms with Crippen molar-refractivity contribution in [1.29, 1.82) is 0 Å². The Balaban J connectivity index is 2.42. The molecule has 0 bridgehead atoms. The summed E-state index contributed by atoms with van der Waals surface area (Å²) in [5, 5.41) is 5.80. The van der Waals surface area contributed by atoms with E-state index in [1.54, 1.807) is 0 Å². The largest absolute Gasteiger partial charge is 0.380 e. The first kappa shape index (κ1) is 12.4. The van der Waals surface area contributed by atoms with Crippen molar-refractivity contribution >= 4 is 17.3 Å². The van der Waals surface area contributed by atoms with Crippen LogP contribution in [0.3, 0.4) is 0 Å². The van der Waals surface area contributed by atoms with E-state index in [0.717, 1.165) is 17.1 Å². The van der Waals surface area contributed by atoms with Crippen LogP contribution in [-0.2, 0) is 4.79 Å². The molecule has 1 amide bonds. The van der Waals surface area contributed by atoms with Gasteiger partial charge in [0, 0.05) is 19.8 Å². The molecule has 0 fully saturated rings. The van der Waals surface area contributed by atoms with Crippen molar-refractivity contribution in [3.8, 4) is 0 Å². The molecule has 1 aliphatic rings. The highest BCUT2D eigenvalue weighted by Crippen LogP contribution is 2.25. The second kappa shape index (κ2) is 4.64. The van der Waals surface area contributed by atoms with E-state index in [1.807, 2.05) is 63.2 Å². The number of hydrazone groups is 1. The number of amides is 1. The first-order valence-electron chi connectivity index (χ1n) is 5.85. The molecule has 0 spiro atoms. The second-order valence-electron chi connectivity index (χ2n) is 4.49. The molecular formula is C14H17N3O. The van der Waals surface area contributed by atoms with Crippen molar-refractivity contribution in [2.45, 2.75) is 13.8 Å². The SMILES string of the molecule is CC1=NN(c2ccccc2)C(=O)/C1=C(/C)N(C)C. The highest BCUT2D eigenvalue weighted by Gasteiger charge is 2.30. The van der Waals surface area contributed by atoms with Gasteiger partial charge < -0.3 is 4.90 Å². The van der Waals surface area contributed by atoms with Crippen LogP contribution in [0.25, 0.3) is 0 Å². The Morgan fingerprint density at radius 3 is 2.39 bits per heavy atom. The number of carbonyl (C=O) groups is 1. The number of carbonyl (C=O) groups excluding carboxylic acids is 1. The van der Waals surface area contributed by atoms with E-state index < -0.39 is 0 Å². The summed E-state index contributed by atoms with van der Waals surface area (Å²) in [6, 6.07) is 9.47. The molecule has 4 heteroatoms. The summed E-state index contributed by atoms with van der Waals surface area (Å²) < 4.78 is 0. The predicted molar refractivity (Wildman–Crippen MR) is 73.4 cm³/mol. The number of benzene rings is 1. The minimum Gasteiger partial charge on any atom is -0.380 e. The number of rotatable bonds is 2. The lowest BCUT2D eigenvalue weighted by Gasteiger charge is -2.16. The van der Waals surface area contributed by atoms with Crippen LogP contribution in [0.1, 0.15) is 13.8 Å². The number of nitrogens with zero attached hydrogens (tertiary/aromatic N) is 3. The van der Waals surface area contributed by atoms with Gasteiger partial charge in [-0.2, -0.15) is 10.1 Å². The number of para-hydroxylation sites is 1. The van der Waals surface area contributed by atoms with Crippen LogP contribution in [0.4, 0.5) is 5.69 Å². The summed E-state index contributed by atoms with van der Waals surface area (Å²) in [7, 11) is 3.85. The van der Waals surface area contributed by atoms with E-state index in [-0.39, 0.29) is 5.91 Å². The van der Waals surface area contributed by atoms with E-state index >= 15 is 0 Å². The summed E-state index contributed by atoms with van der Waals surface area (Å²) >= 11 is 0. The molecule has 0 atom stereocenters. The standard InChI is InChI=1S/C14H17N3O/c1-10-13(11(2)16(3)4)14(18)17(15-10)12-8-6-5-7-9-12/h5-9H,1-4H3/b13-11-. The average Bonchev–Trinajstić information content (AvgIpc) is 2.65. The Bertz CT molecular complexity index is 529. The van der Waals surface area contributed by atoms with Crippen molar-refractivity contribution in [3.63, 3.8) is 0 Å². The molecule has 18 heavy (non-hydrogen) atoms. The first-order chi connectivity index (χ1) is 8.52. The first-order valence-corrected chi connectivity index (χ1v) is 5.85. The maximum Gasteiger partial charge on any atom is 0.282 e. The maximum absolute atomic E-state index is 12.4. The van der Waals surface area contributed by atoms with E-state index in [1.165, 1.54) is 5.01 Å². The number of anilines is 1. The van der Waals surface area contributed by atoms with Crippen molar-refractivity contribution in [2.24, 2.45) is 5.10 Å². The Hall–Kier alpha value is -2.10. The van der Waals surface area contributed by atoms with Crippen molar-refractivity contribution in [3.05, 3.63) is 41.6 Å². The second-order valence-corrected chi connectivity index (χ2v) is 4.49. The summed E-state index contributed by atoms with van der Waals surface area (Å²) in [5.41, 5.74) is 3.17. The molecule has 0 saturated carbocycles. The Morgan fingerprint density at radius 2 is 1.83 bits per heavy atom. The van der Waals surface area contributed by atoms with Crippen molar-refractivity contribution in [2.75, 3.05) is 19.1 Å². The molecule has 0 unspecified atom stereocenters. The lowest BCUT2D eigenvalue weighted by molar-refractivity contribution is -0.114. The van der Waals surface area contributed by atoms with Gasteiger partial charge in [0.25, 0.3) is 5.91 Å². The molecule has 0 saturated heterocycles. The molecule has 1 heterocycles. The Morgan fingerprint density at radius 1 is 1.22 bits per heavy atom. The monoisotopic (exact) mass is 243 g/mol. The Labute approximate surface area is 107 Å². The third-order valence-corrected chi connectivity index (χ3v) is 3.05. The van der Waals surface area contributed by atoms with Gasteiger partial charge in [0.2, 0.25) is 0 Å². The molecule has 1 aromatic carbocycles.